The molecule has 150 valence electrons. The third kappa shape index (κ3) is 4.64. The number of thioether (sulfide) groups is 1. The number of methoxy groups -OCH3 is 1. The Morgan fingerprint density at radius 1 is 1.17 bits per heavy atom. The topological polar surface area (TPSA) is 83.4 Å². The summed E-state index contributed by atoms with van der Waals surface area (Å²) in [6.45, 7) is 1.24. The number of aliphatic hydroxyl groups excluding tert-OH is 1. The molecular weight excluding hydrogens is 406 g/mol. The van der Waals surface area contributed by atoms with Crippen molar-refractivity contribution in [2.24, 2.45) is 0 Å². The summed E-state index contributed by atoms with van der Waals surface area (Å²) in [6, 6.07) is 10.4. The predicted octanol–water partition coefficient (Wildman–Crippen LogP) is 3.77. The summed E-state index contributed by atoms with van der Waals surface area (Å²) < 4.78 is 5.41. The summed E-state index contributed by atoms with van der Waals surface area (Å²) in [5.74, 6) is 1.47. The molecular formula is C20H21N5O2S2. The molecule has 0 aliphatic carbocycles. The summed E-state index contributed by atoms with van der Waals surface area (Å²) in [6.07, 6.45) is 5.23. The highest BCUT2D eigenvalue weighted by atomic mass is 32.2. The number of rotatable bonds is 8. The van der Waals surface area contributed by atoms with Gasteiger partial charge in [-0.05, 0) is 29.8 Å². The zero-order chi connectivity index (χ0) is 20.1. The van der Waals surface area contributed by atoms with Crippen LogP contribution >= 0.6 is 23.5 Å². The van der Waals surface area contributed by atoms with Crippen molar-refractivity contribution in [3.05, 3.63) is 54.5 Å². The lowest BCUT2D eigenvalue weighted by Gasteiger charge is -2.30. The van der Waals surface area contributed by atoms with Crippen LogP contribution in [-0.2, 0) is 11.3 Å². The van der Waals surface area contributed by atoms with Gasteiger partial charge in [0.1, 0.15) is 11.8 Å². The van der Waals surface area contributed by atoms with Crippen LogP contribution in [0.15, 0.2) is 63.9 Å². The van der Waals surface area contributed by atoms with Gasteiger partial charge in [0.15, 0.2) is 5.82 Å². The molecule has 4 rings (SSSR count). The van der Waals surface area contributed by atoms with Crippen LogP contribution in [-0.4, -0.2) is 46.3 Å². The lowest BCUT2D eigenvalue weighted by molar-refractivity contribution is 0.204. The Balaban J connectivity index is 1.49. The standard InChI is InChI=1S/C20H21N5O2S2/c1-27-13-25-16-10-14(2-4-17(16)29-20-19(25)21-6-7-22-20)11-23-15-3-5-18(24-12-15)28-9-8-26/h2-7,10,12,23,26H,8-9,11,13H2,1H3. The lowest BCUT2D eigenvalue weighted by Crippen LogP contribution is -2.24. The largest absolute Gasteiger partial charge is 0.396 e. The molecule has 3 aromatic rings. The van der Waals surface area contributed by atoms with Crippen LogP contribution in [0.2, 0.25) is 0 Å². The van der Waals surface area contributed by atoms with Gasteiger partial charge in [-0.25, -0.2) is 15.0 Å². The number of anilines is 3. The number of hydrogen-bond acceptors (Lipinski definition) is 9. The highest BCUT2D eigenvalue weighted by Gasteiger charge is 2.25. The van der Waals surface area contributed by atoms with Gasteiger partial charge in [0.25, 0.3) is 0 Å². The maximum Gasteiger partial charge on any atom is 0.168 e. The van der Waals surface area contributed by atoms with Crippen molar-refractivity contribution in [2.45, 2.75) is 21.5 Å². The minimum absolute atomic E-state index is 0.152. The van der Waals surface area contributed by atoms with Crippen molar-refractivity contribution in [3.63, 3.8) is 0 Å². The van der Waals surface area contributed by atoms with Crippen molar-refractivity contribution in [1.82, 2.24) is 15.0 Å². The summed E-state index contributed by atoms with van der Waals surface area (Å²) in [5.41, 5.74) is 3.17. The van der Waals surface area contributed by atoms with Crippen molar-refractivity contribution in [3.8, 4) is 0 Å². The van der Waals surface area contributed by atoms with E-state index >= 15 is 0 Å². The normalized spacial score (nSPS) is 12.4. The minimum atomic E-state index is 0.152. The molecule has 0 atom stereocenters. The number of aliphatic hydroxyl groups is 1. The van der Waals surface area contributed by atoms with Gasteiger partial charge < -0.3 is 15.2 Å². The van der Waals surface area contributed by atoms with Gasteiger partial charge in [-0.1, -0.05) is 17.8 Å². The molecule has 1 aliphatic rings. The molecule has 1 aromatic carbocycles. The van der Waals surface area contributed by atoms with Crippen LogP contribution in [0.5, 0.6) is 0 Å². The molecule has 2 N–H and O–H groups in total. The second kappa shape index (κ2) is 9.45. The lowest BCUT2D eigenvalue weighted by atomic mass is 10.1. The molecule has 7 nitrogen and oxygen atoms in total. The first-order valence-corrected chi connectivity index (χ1v) is 10.9. The fourth-order valence-electron chi connectivity index (χ4n) is 2.95. The van der Waals surface area contributed by atoms with E-state index in [1.807, 2.05) is 23.2 Å². The molecule has 1 aliphatic heterocycles. The number of fused-ring (bicyclic) bond motifs is 2. The van der Waals surface area contributed by atoms with E-state index in [0.717, 1.165) is 37.7 Å². The molecule has 29 heavy (non-hydrogen) atoms. The zero-order valence-corrected chi connectivity index (χ0v) is 17.5. The van der Waals surface area contributed by atoms with Crippen LogP contribution in [0.3, 0.4) is 0 Å². The van der Waals surface area contributed by atoms with Gasteiger partial charge in [0, 0.05) is 36.7 Å². The molecule has 0 spiro atoms. The second-order valence-electron chi connectivity index (χ2n) is 6.25. The predicted molar refractivity (Wildman–Crippen MR) is 116 cm³/mol. The van der Waals surface area contributed by atoms with Crippen LogP contribution in [0.4, 0.5) is 17.2 Å². The average Bonchev–Trinajstić information content (AvgIpc) is 2.77. The Labute approximate surface area is 177 Å². The molecule has 9 heteroatoms. The summed E-state index contributed by atoms with van der Waals surface area (Å²) >= 11 is 3.16. The fraction of sp³-hybridized carbons (Fsp3) is 0.250. The Morgan fingerprint density at radius 2 is 2.07 bits per heavy atom. The first kappa shape index (κ1) is 20.0. The highest BCUT2D eigenvalue weighted by Crippen LogP contribution is 2.46. The second-order valence-corrected chi connectivity index (χ2v) is 8.39. The molecule has 3 heterocycles. The molecule has 0 saturated carbocycles. The van der Waals surface area contributed by atoms with E-state index in [4.69, 9.17) is 9.84 Å². The number of nitrogens with zero attached hydrogens (tertiary/aromatic N) is 4. The van der Waals surface area contributed by atoms with Crippen LogP contribution in [0, 0.1) is 0 Å². The van der Waals surface area contributed by atoms with Crippen molar-refractivity contribution >= 4 is 40.7 Å². The number of hydrogen-bond donors (Lipinski definition) is 2. The minimum Gasteiger partial charge on any atom is -0.396 e. The van der Waals surface area contributed by atoms with Gasteiger partial charge in [-0.15, -0.1) is 11.8 Å². The van der Waals surface area contributed by atoms with Crippen LogP contribution < -0.4 is 10.2 Å². The van der Waals surface area contributed by atoms with E-state index in [-0.39, 0.29) is 6.61 Å². The van der Waals surface area contributed by atoms with Gasteiger partial charge in [-0.2, -0.15) is 0 Å². The molecule has 0 radical (unpaired) electrons. The van der Waals surface area contributed by atoms with Crippen LogP contribution in [0.1, 0.15) is 5.56 Å². The summed E-state index contributed by atoms with van der Waals surface area (Å²) in [5, 5.41) is 14.1. The van der Waals surface area contributed by atoms with Crippen molar-refractivity contribution in [1.29, 1.82) is 0 Å². The molecule has 0 amide bonds. The Kier molecular flexibility index (Phi) is 6.50. The number of pyridine rings is 1. The molecule has 0 bridgehead atoms. The molecule has 2 aromatic heterocycles. The van der Waals surface area contributed by atoms with E-state index in [9.17, 15) is 0 Å². The van der Waals surface area contributed by atoms with Crippen molar-refractivity contribution < 1.29 is 9.84 Å². The first-order chi connectivity index (χ1) is 14.3. The maximum absolute atomic E-state index is 8.90. The number of nitrogens with one attached hydrogen (secondary N) is 1. The maximum atomic E-state index is 8.90. The Bertz CT molecular complexity index is 971. The zero-order valence-electron chi connectivity index (χ0n) is 15.9. The molecule has 0 saturated heterocycles. The highest BCUT2D eigenvalue weighted by molar-refractivity contribution is 7.99. The average molecular weight is 428 g/mol. The number of ether oxygens (including phenoxy) is 1. The summed E-state index contributed by atoms with van der Waals surface area (Å²) in [7, 11) is 1.68. The van der Waals surface area contributed by atoms with E-state index in [1.54, 1.807) is 31.3 Å². The fourth-order valence-corrected chi connectivity index (χ4v) is 4.53. The molecule has 0 fully saturated rings. The van der Waals surface area contributed by atoms with Gasteiger partial charge in [0.05, 0.1) is 29.2 Å². The molecule has 0 unspecified atom stereocenters. The van der Waals surface area contributed by atoms with Gasteiger partial charge in [0.2, 0.25) is 0 Å². The Morgan fingerprint density at radius 3 is 2.86 bits per heavy atom. The quantitative estimate of drug-likeness (QED) is 0.522. The summed E-state index contributed by atoms with van der Waals surface area (Å²) in [4.78, 5) is 16.5. The van der Waals surface area contributed by atoms with E-state index < -0.39 is 0 Å². The van der Waals surface area contributed by atoms with E-state index in [1.165, 1.54) is 11.8 Å². The third-order valence-electron chi connectivity index (χ3n) is 4.26. The van der Waals surface area contributed by atoms with E-state index in [2.05, 4.69) is 38.5 Å². The third-order valence-corrected chi connectivity index (χ3v) is 6.23. The Hall–Kier alpha value is -2.33. The number of benzene rings is 1. The smallest absolute Gasteiger partial charge is 0.168 e. The monoisotopic (exact) mass is 427 g/mol. The van der Waals surface area contributed by atoms with E-state index in [0.29, 0.717) is 19.0 Å². The SMILES string of the molecule is COCN1c2cc(CNc3ccc(SCCO)nc3)ccc2Sc2nccnc21. The van der Waals surface area contributed by atoms with Crippen LogP contribution in [0.25, 0.3) is 0 Å². The van der Waals surface area contributed by atoms with Gasteiger partial charge in [-0.3, -0.25) is 4.90 Å². The number of aromatic nitrogens is 3. The first-order valence-electron chi connectivity index (χ1n) is 9.10. The van der Waals surface area contributed by atoms with Crippen molar-refractivity contribution in [2.75, 3.05) is 36.4 Å². The van der Waals surface area contributed by atoms with Gasteiger partial charge >= 0.3 is 0 Å².